The molecule has 206 valence electrons. The second-order valence-electron chi connectivity index (χ2n) is 10.2. The number of rotatable bonds is 24. The minimum Gasteiger partial charge on any atom is -0.477 e. The van der Waals surface area contributed by atoms with E-state index in [0.717, 1.165) is 38.5 Å². The van der Waals surface area contributed by atoms with Gasteiger partial charge in [-0.05, 0) is 12.8 Å². The number of carbonyl (C=O) groups excluding carboxylic acids is 2. The molecule has 2 N–H and O–H groups in total. The van der Waals surface area contributed by atoms with Crippen molar-refractivity contribution in [1.29, 1.82) is 0 Å². The van der Waals surface area contributed by atoms with Gasteiger partial charge in [-0.1, -0.05) is 78.1 Å². The first-order chi connectivity index (χ1) is 16.7. The molecule has 0 radical (unpaired) electrons. The minimum atomic E-state index is -0.841. The summed E-state index contributed by atoms with van der Waals surface area (Å²) in [5.41, 5.74) is 0. The van der Waals surface area contributed by atoms with E-state index in [2.05, 4.69) is 19.2 Å². The molecule has 0 fully saturated rings. The number of carbonyl (C=O) groups is 3. The molecule has 0 aromatic carbocycles. The first kappa shape index (κ1) is 33.3. The molecule has 0 saturated heterocycles. The van der Waals surface area contributed by atoms with E-state index in [1.54, 1.807) is 0 Å². The Morgan fingerprint density at radius 3 is 1.83 bits per heavy atom. The molecule has 0 amide bonds. The van der Waals surface area contributed by atoms with Crippen molar-refractivity contribution in [2.45, 2.75) is 110 Å². The predicted octanol–water partition coefficient (Wildman–Crippen LogP) is 4.69. The smallest absolute Gasteiger partial charge is 0.359 e. The van der Waals surface area contributed by atoms with Gasteiger partial charge in [0, 0.05) is 13.0 Å². The maximum Gasteiger partial charge on any atom is 0.359 e. The third kappa shape index (κ3) is 21.3. The van der Waals surface area contributed by atoms with Crippen LogP contribution in [0.15, 0.2) is 0 Å². The van der Waals surface area contributed by atoms with Crippen LogP contribution in [0, 0.1) is 0 Å². The lowest BCUT2D eigenvalue weighted by Crippen LogP contribution is -2.46. The molecule has 8 nitrogen and oxygen atoms in total. The summed E-state index contributed by atoms with van der Waals surface area (Å²) in [6, 6.07) is -0.748. The number of unbranched alkanes of at least 4 members (excludes halogenated alkanes) is 10. The molecular weight excluding hydrogens is 448 g/mol. The van der Waals surface area contributed by atoms with E-state index in [-0.39, 0.29) is 13.0 Å². The highest BCUT2D eigenvalue weighted by Crippen LogP contribution is 2.08. The van der Waals surface area contributed by atoms with Gasteiger partial charge in [-0.25, -0.2) is 4.79 Å². The molecule has 0 heterocycles. The molecule has 35 heavy (non-hydrogen) atoms. The Balaban J connectivity index is 4.49. The fourth-order valence-corrected chi connectivity index (χ4v) is 3.92. The number of ether oxygens (including phenoxy) is 2. The number of hydrogen-bond donors (Lipinski definition) is 2. The quantitative estimate of drug-likeness (QED) is 0.112. The topological polar surface area (TPSA) is 102 Å². The number of likely N-dealkylation sites (N-methyl/N-ethyl adjacent to an activating group) is 1. The first-order valence-electron chi connectivity index (χ1n) is 13.8. The lowest BCUT2D eigenvalue weighted by atomic mass is 10.1. The van der Waals surface area contributed by atoms with Crippen LogP contribution in [-0.4, -0.2) is 80.5 Å². The van der Waals surface area contributed by atoms with Gasteiger partial charge in [0.05, 0.1) is 40.3 Å². The van der Waals surface area contributed by atoms with Crippen LogP contribution in [0.3, 0.4) is 0 Å². The molecule has 0 aromatic rings. The third-order valence-corrected chi connectivity index (χ3v) is 6.05. The molecule has 0 aliphatic heterocycles. The van der Waals surface area contributed by atoms with Crippen LogP contribution in [0.5, 0.6) is 0 Å². The van der Waals surface area contributed by atoms with E-state index in [0.29, 0.717) is 37.2 Å². The lowest BCUT2D eigenvalue weighted by molar-refractivity contribution is -0.883. The van der Waals surface area contributed by atoms with Crippen molar-refractivity contribution in [2.24, 2.45) is 0 Å². The molecule has 0 bridgehead atoms. The summed E-state index contributed by atoms with van der Waals surface area (Å²) in [6.07, 6.45) is 13.9. The molecule has 0 saturated carbocycles. The molecule has 1 atom stereocenters. The SMILES string of the molecule is CCCCCCCCOC(=O)CC(NCCC[N+](C)(C)CC(=O)O)C(=O)OCCCCCCCC. The van der Waals surface area contributed by atoms with Crippen LogP contribution >= 0.6 is 0 Å². The Labute approximate surface area is 213 Å². The van der Waals surface area contributed by atoms with Crippen LogP contribution in [-0.2, 0) is 23.9 Å². The van der Waals surface area contributed by atoms with E-state index >= 15 is 0 Å². The van der Waals surface area contributed by atoms with Gasteiger partial charge in [-0.15, -0.1) is 0 Å². The van der Waals surface area contributed by atoms with Crippen molar-refractivity contribution < 1.29 is 33.4 Å². The van der Waals surface area contributed by atoms with Crippen LogP contribution in [0.4, 0.5) is 0 Å². The molecule has 0 aromatic heterocycles. The summed E-state index contributed by atoms with van der Waals surface area (Å²) in [4.78, 5) is 36.0. The molecule has 0 aliphatic carbocycles. The van der Waals surface area contributed by atoms with Crippen molar-refractivity contribution in [3.63, 3.8) is 0 Å². The van der Waals surface area contributed by atoms with Gasteiger partial charge in [0.2, 0.25) is 0 Å². The van der Waals surface area contributed by atoms with Crippen molar-refractivity contribution in [3.05, 3.63) is 0 Å². The average Bonchev–Trinajstić information content (AvgIpc) is 2.78. The number of nitrogens with zero attached hydrogens (tertiary/aromatic N) is 1. The summed E-state index contributed by atoms with van der Waals surface area (Å²) in [5, 5.41) is 12.2. The Morgan fingerprint density at radius 1 is 0.771 bits per heavy atom. The largest absolute Gasteiger partial charge is 0.477 e. The number of aliphatic carboxylic acids is 1. The molecule has 0 aliphatic rings. The normalized spacial score (nSPS) is 12.3. The first-order valence-corrected chi connectivity index (χ1v) is 13.8. The standard InChI is InChI=1S/C27H52N2O6/c1-5-7-9-11-13-15-20-34-26(32)22-24(27(33)35-21-16-14-12-10-8-6-2)28-18-17-19-29(3,4)23-25(30)31/h24,28H,5-23H2,1-4H3/p+1. The Bertz CT molecular complexity index is 568. The van der Waals surface area contributed by atoms with E-state index in [1.807, 2.05) is 14.1 Å². The lowest BCUT2D eigenvalue weighted by Gasteiger charge is -2.28. The zero-order chi connectivity index (χ0) is 26.4. The summed E-state index contributed by atoms with van der Waals surface area (Å²) in [6.45, 7) is 6.27. The van der Waals surface area contributed by atoms with E-state index in [4.69, 9.17) is 14.6 Å². The Hall–Kier alpha value is -1.67. The number of esters is 2. The van der Waals surface area contributed by atoms with Gasteiger partial charge >= 0.3 is 17.9 Å². The van der Waals surface area contributed by atoms with Crippen molar-refractivity contribution in [2.75, 3.05) is 46.9 Å². The van der Waals surface area contributed by atoms with Crippen molar-refractivity contribution >= 4 is 17.9 Å². The maximum absolute atomic E-state index is 12.7. The minimum absolute atomic E-state index is 0.0362. The second-order valence-corrected chi connectivity index (χ2v) is 10.2. The summed E-state index contributed by atoms with van der Waals surface area (Å²) >= 11 is 0. The number of quaternary nitrogens is 1. The van der Waals surface area contributed by atoms with E-state index in [9.17, 15) is 14.4 Å². The van der Waals surface area contributed by atoms with Crippen molar-refractivity contribution in [3.8, 4) is 0 Å². The maximum atomic E-state index is 12.7. The highest BCUT2D eigenvalue weighted by atomic mass is 16.5. The van der Waals surface area contributed by atoms with Gasteiger partial charge < -0.3 is 24.4 Å². The van der Waals surface area contributed by atoms with Crippen molar-refractivity contribution in [1.82, 2.24) is 5.32 Å². The highest BCUT2D eigenvalue weighted by Gasteiger charge is 2.25. The Morgan fingerprint density at radius 2 is 1.29 bits per heavy atom. The average molecular weight is 502 g/mol. The van der Waals surface area contributed by atoms with E-state index in [1.165, 1.54) is 38.5 Å². The molecule has 0 rings (SSSR count). The van der Waals surface area contributed by atoms with Gasteiger partial charge in [-0.2, -0.15) is 0 Å². The summed E-state index contributed by atoms with van der Waals surface area (Å²) < 4.78 is 11.2. The predicted molar refractivity (Wildman–Crippen MR) is 139 cm³/mol. The van der Waals surface area contributed by atoms with Crippen LogP contribution < -0.4 is 5.32 Å². The zero-order valence-corrected chi connectivity index (χ0v) is 22.9. The summed E-state index contributed by atoms with van der Waals surface area (Å²) in [7, 11) is 3.72. The second kappa shape index (κ2) is 21.6. The van der Waals surface area contributed by atoms with Crippen LogP contribution in [0.25, 0.3) is 0 Å². The van der Waals surface area contributed by atoms with Gasteiger partial charge in [0.15, 0.2) is 6.54 Å². The fourth-order valence-electron chi connectivity index (χ4n) is 3.92. The number of hydrogen-bond acceptors (Lipinski definition) is 6. The third-order valence-electron chi connectivity index (χ3n) is 6.05. The molecule has 8 heteroatoms. The zero-order valence-electron chi connectivity index (χ0n) is 22.9. The number of carboxylic acids is 1. The fraction of sp³-hybridized carbons (Fsp3) is 0.889. The van der Waals surface area contributed by atoms with Crippen LogP contribution in [0.1, 0.15) is 104 Å². The monoisotopic (exact) mass is 501 g/mol. The summed E-state index contributed by atoms with van der Waals surface area (Å²) in [5.74, 6) is -1.66. The number of nitrogens with one attached hydrogen (secondary N) is 1. The molecule has 0 spiro atoms. The molecule has 1 unspecified atom stereocenters. The van der Waals surface area contributed by atoms with Gasteiger partial charge in [0.25, 0.3) is 0 Å². The Kier molecular flexibility index (Phi) is 20.6. The van der Waals surface area contributed by atoms with E-state index < -0.39 is 23.9 Å². The number of carboxylic acid groups (broad SMARTS) is 1. The van der Waals surface area contributed by atoms with Gasteiger partial charge in [0.1, 0.15) is 6.04 Å². The van der Waals surface area contributed by atoms with Crippen LogP contribution in [0.2, 0.25) is 0 Å². The highest BCUT2D eigenvalue weighted by molar-refractivity contribution is 5.82. The molecular formula is C27H53N2O6+. The van der Waals surface area contributed by atoms with Gasteiger partial charge in [-0.3, -0.25) is 9.59 Å².